The summed E-state index contributed by atoms with van der Waals surface area (Å²) in [5.41, 5.74) is -0.544. The number of urea groups is 1. The van der Waals surface area contributed by atoms with Crippen LogP contribution < -0.4 is 16.0 Å². The van der Waals surface area contributed by atoms with Crippen molar-refractivity contribution in [2.75, 3.05) is 11.9 Å². The summed E-state index contributed by atoms with van der Waals surface area (Å²) < 4.78 is 13.3. The molecule has 3 N–H and O–H groups in total. The van der Waals surface area contributed by atoms with Crippen LogP contribution in [0.4, 0.5) is 10.5 Å². The first kappa shape index (κ1) is 33.3. The maximum absolute atomic E-state index is 14.4. The number of benzene rings is 1. The first-order valence-electron chi connectivity index (χ1n) is 18.0. The Bertz CT molecular complexity index is 1290. The normalized spacial score (nSPS) is 33.3. The van der Waals surface area contributed by atoms with Crippen molar-refractivity contribution in [3.63, 3.8) is 0 Å². The van der Waals surface area contributed by atoms with E-state index in [1.165, 1.54) is 12.8 Å². The molecule has 252 valence electrons. The van der Waals surface area contributed by atoms with Crippen molar-refractivity contribution >= 4 is 30.7 Å². The highest BCUT2D eigenvalue weighted by atomic mass is 16.7. The number of para-hydroxylation sites is 1. The fourth-order valence-electron chi connectivity index (χ4n) is 9.57. The molecule has 7 rings (SSSR count). The predicted octanol–water partition coefficient (Wildman–Crippen LogP) is 5.94. The molecular weight excluding hydrogens is 579 g/mol. The number of nitrogens with one attached hydrogen (secondary N) is 3. The van der Waals surface area contributed by atoms with Gasteiger partial charge in [-0.3, -0.25) is 9.59 Å². The van der Waals surface area contributed by atoms with E-state index in [1.807, 2.05) is 44.2 Å². The number of hydrogen-bond donors (Lipinski definition) is 3. The van der Waals surface area contributed by atoms with Gasteiger partial charge in [0.1, 0.15) is 11.6 Å². The third kappa shape index (κ3) is 5.86. The minimum Gasteiger partial charge on any atom is -0.404 e. The summed E-state index contributed by atoms with van der Waals surface area (Å²) in [5, 5.41) is 9.24. The van der Waals surface area contributed by atoms with Gasteiger partial charge in [0, 0.05) is 12.2 Å². The smallest absolute Gasteiger partial charge is 0.404 e. The Hall–Kier alpha value is -2.59. The van der Waals surface area contributed by atoms with Gasteiger partial charge < -0.3 is 30.2 Å². The van der Waals surface area contributed by atoms with Crippen molar-refractivity contribution in [1.82, 2.24) is 15.5 Å². The average Bonchev–Trinajstić information content (AvgIpc) is 3.56. The highest BCUT2D eigenvalue weighted by Crippen LogP contribution is 2.65. The van der Waals surface area contributed by atoms with Crippen LogP contribution in [0.5, 0.6) is 0 Å². The summed E-state index contributed by atoms with van der Waals surface area (Å²) >= 11 is 0. The van der Waals surface area contributed by atoms with E-state index >= 15 is 0 Å². The van der Waals surface area contributed by atoms with E-state index < -0.39 is 24.7 Å². The van der Waals surface area contributed by atoms with E-state index in [2.05, 4.69) is 43.6 Å². The molecule has 46 heavy (non-hydrogen) atoms. The van der Waals surface area contributed by atoms with Gasteiger partial charge in [0.25, 0.3) is 0 Å². The molecule has 2 heterocycles. The molecule has 7 atom stereocenters. The molecular formula is C36H55BN4O5. The second-order valence-electron chi connectivity index (χ2n) is 15.9. The van der Waals surface area contributed by atoms with E-state index in [0.717, 1.165) is 32.1 Å². The van der Waals surface area contributed by atoms with Gasteiger partial charge in [0.2, 0.25) is 11.8 Å². The van der Waals surface area contributed by atoms with Gasteiger partial charge in [-0.05, 0) is 80.2 Å². The molecule has 0 radical (unpaired) electrons. The number of carbonyl (C=O) groups excluding carboxylic acids is 3. The lowest BCUT2D eigenvalue weighted by Gasteiger charge is -2.64. The molecule has 1 aromatic carbocycles. The lowest BCUT2D eigenvalue weighted by atomic mass is 9.43. The first-order chi connectivity index (χ1) is 21.9. The van der Waals surface area contributed by atoms with Gasteiger partial charge in [-0.25, -0.2) is 4.79 Å². The molecule has 10 heteroatoms. The molecule has 1 aromatic rings. The summed E-state index contributed by atoms with van der Waals surface area (Å²) in [4.78, 5) is 43.7. The van der Waals surface area contributed by atoms with E-state index in [9.17, 15) is 14.4 Å². The van der Waals surface area contributed by atoms with Gasteiger partial charge in [0.15, 0.2) is 0 Å². The number of rotatable bonds is 10. The molecule has 4 aliphatic carbocycles. The van der Waals surface area contributed by atoms with Crippen molar-refractivity contribution in [2.45, 2.75) is 135 Å². The van der Waals surface area contributed by atoms with Gasteiger partial charge in [-0.2, -0.15) is 0 Å². The third-order valence-corrected chi connectivity index (χ3v) is 12.8. The van der Waals surface area contributed by atoms with Crippen LogP contribution in [-0.4, -0.2) is 65.6 Å². The van der Waals surface area contributed by atoms with Crippen molar-refractivity contribution < 1.29 is 23.7 Å². The zero-order valence-electron chi connectivity index (χ0n) is 28.8. The molecule has 2 aliphatic heterocycles. The van der Waals surface area contributed by atoms with Crippen molar-refractivity contribution in [3.8, 4) is 0 Å². The van der Waals surface area contributed by atoms with E-state index in [4.69, 9.17) is 9.31 Å². The summed E-state index contributed by atoms with van der Waals surface area (Å²) in [7, 11) is -0.512. The monoisotopic (exact) mass is 634 g/mol. The Kier molecular flexibility index (Phi) is 9.27. The number of carbonyl (C=O) groups is 3. The third-order valence-electron chi connectivity index (χ3n) is 12.8. The number of anilines is 1. The van der Waals surface area contributed by atoms with Gasteiger partial charge >= 0.3 is 13.1 Å². The van der Waals surface area contributed by atoms with Crippen molar-refractivity contribution in [2.24, 2.45) is 29.1 Å². The Labute approximate surface area is 275 Å². The van der Waals surface area contributed by atoms with Crippen LogP contribution in [0.3, 0.4) is 0 Å². The Morgan fingerprint density at radius 1 is 1.07 bits per heavy atom. The molecule has 6 fully saturated rings. The van der Waals surface area contributed by atoms with E-state index in [1.54, 1.807) is 4.90 Å². The maximum atomic E-state index is 14.4. The number of nitrogens with zero attached hydrogens (tertiary/aromatic N) is 1. The molecule has 0 spiro atoms. The highest BCUT2D eigenvalue weighted by molar-refractivity contribution is 6.47. The average molecular weight is 635 g/mol. The second kappa shape index (κ2) is 12.8. The maximum Gasteiger partial charge on any atom is 0.481 e. The summed E-state index contributed by atoms with van der Waals surface area (Å²) in [6.45, 7) is 13.3. The highest BCUT2D eigenvalue weighted by Gasteiger charge is 2.68. The standard InChI is InChI=1S/C36H55BN4O5/c1-7-30(37-45-29-22-25-21-28(34(25,4)5)35(29,6)46-37)39-31(42)27(20-24-14-10-8-11-15-24)41-19-18-36(23(2)3,32(41)43)40-33(44)38-26-16-12-9-13-17-26/h9,12-13,16-17,23-25,27-30H,7-8,10-11,14-15,18-22H2,1-6H3,(H,39,42)(H2,38,40,44)/t25-,27+,28-,29?,30+,35+,36?/m1/s1. The van der Waals surface area contributed by atoms with Gasteiger partial charge in [0.05, 0.1) is 17.6 Å². The zero-order valence-corrected chi connectivity index (χ0v) is 28.8. The van der Waals surface area contributed by atoms with Crippen molar-refractivity contribution in [1.29, 1.82) is 0 Å². The fourth-order valence-corrected chi connectivity index (χ4v) is 9.57. The Morgan fingerprint density at radius 3 is 2.43 bits per heavy atom. The molecule has 2 bridgehead atoms. The second-order valence-corrected chi connectivity index (χ2v) is 15.9. The minimum atomic E-state index is -1.09. The SMILES string of the molecule is CC[C@H](NC(=O)[C@H](CC1CCCCC1)N1CCC(NC(=O)Nc2ccccc2)(C(C)C)C1=O)B1OC2C[C@H]3C[C@H](C3(C)C)[C@]2(C)O1. The molecule has 9 nitrogen and oxygen atoms in total. The van der Waals surface area contributed by atoms with Gasteiger partial charge in [-0.15, -0.1) is 0 Å². The van der Waals surface area contributed by atoms with Crippen LogP contribution in [0, 0.1) is 29.1 Å². The van der Waals surface area contributed by atoms with Crippen LogP contribution in [0.25, 0.3) is 0 Å². The lowest BCUT2D eigenvalue weighted by molar-refractivity contribution is -0.199. The van der Waals surface area contributed by atoms with E-state index in [-0.39, 0.29) is 40.8 Å². The lowest BCUT2D eigenvalue weighted by Crippen LogP contribution is -2.65. The quantitative estimate of drug-likeness (QED) is 0.276. The number of likely N-dealkylation sites (tertiary alicyclic amines) is 1. The summed E-state index contributed by atoms with van der Waals surface area (Å²) in [5.74, 6) is 0.687. The fraction of sp³-hybridized carbons (Fsp3) is 0.750. The largest absolute Gasteiger partial charge is 0.481 e. The van der Waals surface area contributed by atoms with Crippen molar-refractivity contribution in [3.05, 3.63) is 30.3 Å². The Balaban J connectivity index is 1.19. The van der Waals surface area contributed by atoms with Gasteiger partial charge in [-0.1, -0.05) is 84.9 Å². The van der Waals surface area contributed by atoms with Crippen LogP contribution in [-0.2, 0) is 18.9 Å². The zero-order chi connectivity index (χ0) is 32.9. The topological polar surface area (TPSA) is 109 Å². The molecule has 2 saturated heterocycles. The number of hydrogen-bond acceptors (Lipinski definition) is 5. The first-order valence-corrected chi connectivity index (χ1v) is 18.0. The molecule has 2 unspecified atom stereocenters. The number of amides is 4. The van der Waals surface area contributed by atoms with Crippen LogP contribution >= 0.6 is 0 Å². The molecule has 6 aliphatic rings. The van der Waals surface area contributed by atoms with E-state index in [0.29, 0.717) is 49.2 Å². The molecule has 4 saturated carbocycles. The van der Waals surface area contributed by atoms with Crippen LogP contribution in [0.2, 0.25) is 0 Å². The minimum absolute atomic E-state index is 0.0400. The summed E-state index contributed by atoms with van der Waals surface area (Å²) in [6.07, 6.45) is 9.63. The van der Waals surface area contributed by atoms with Crippen LogP contribution in [0.15, 0.2) is 30.3 Å². The molecule has 0 aromatic heterocycles. The summed E-state index contributed by atoms with van der Waals surface area (Å²) in [6, 6.07) is 8.20. The Morgan fingerprint density at radius 2 is 1.78 bits per heavy atom. The predicted molar refractivity (Wildman–Crippen MR) is 180 cm³/mol. The molecule has 4 amide bonds. The van der Waals surface area contributed by atoms with Crippen LogP contribution in [0.1, 0.15) is 106 Å².